The Morgan fingerprint density at radius 1 is 0.308 bits per heavy atom. The molecule has 0 aliphatic rings. The third-order valence-corrected chi connectivity index (χ3v) is 7.80. The van der Waals surface area contributed by atoms with Crippen LogP contribution < -0.4 is 9.80 Å². The van der Waals surface area contributed by atoms with E-state index >= 15 is 0 Å². The minimum absolute atomic E-state index is 1.18. The van der Waals surface area contributed by atoms with E-state index in [1.54, 1.807) is 0 Å². The van der Waals surface area contributed by atoms with Crippen molar-refractivity contribution in [1.82, 2.24) is 0 Å². The highest BCUT2D eigenvalue weighted by molar-refractivity contribution is 5.90. The first-order valence-electron chi connectivity index (χ1n) is 13.7. The van der Waals surface area contributed by atoms with E-state index in [0.717, 1.165) is 0 Å². The van der Waals surface area contributed by atoms with Gasteiger partial charge >= 0.3 is 0 Å². The van der Waals surface area contributed by atoms with Crippen LogP contribution >= 0.6 is 0 Å². The smallest absolute Gasteiger partial charge is 0.0520 e. The molecule has 39 heavy (non-hydrogen) atoms. The van der Waals surface area contributed by atoms with E-state index in [1.165, 1.54) is 73.1 Å². The molecule has 5 aromatic rings. The summed E-state index contributed by atoms with van der Waals surface area (Å²) < 4.78 is 0. The molecule has 5 rings (SSSR count). The summed E-state index contributed by atoms with van der Waals surface area (Å²) in [4.78, 5) is 4.92. The Morgan fingerprint density at radius 3 is 0.949 bits per heavy atom. The zero-order chi connectivity index (χ0) is 27.7. The quantitative estimate of drug-likeness (QED) is 0.224. The van der Waals surface area contributed by atoms with E-state index in [2.05, 4.69) is 161 Å². The van der Waals surface area contributed by atoms with Crippen molar-refractivity contribution >= 4 is 34.1 Å². The SMILES string of the molecule is Cc1ccccc1N(c1cccc(N(c2ccccc2C)c2c(C)cccc2C)c1C)c1c(C)cccc1C. The molecule has 5 aromatic carbocycles. The highest BCUT2D eigenvalue weighted by Gasteiger charge is 2.25. The van der Waals surface area contributed by atoms with Gasteiger partial charge in [0.25, 0.3) is 0 Å². The minimum Gasteiger partial charge on any atom is -0.309 e. The van der Waals surface area contributed by atoms with E-state index in [9.17, 15) is 0 Å². The normalized spacial score (nSPS) is 10.9. The van der Waals surface area contributed by atoms with Crippen LogP contribution in [0.2, 0.25) is 0 Å². The summed E-state index contributed by atoms with van der Waals surface area (Å²) in [6.07, 6.45) is 0. The fraction of sp³-hybridized carbons (Fsp3) is 0.189. The van der Waals surface area contributed by atoms with Crippen LogP contribution in [-0.2, 0) is 0 Å². The van der Waals surface area contributed by atoms with Gasteiger partial charge in [0.15, 0.2) is 0 Å². The Balaban J connectivity index is 1.83. The molecule has 0 unspecified atom stereocenters. The van der Waals surface area contributed by atoms with Crippen molar-refractivity contribution in [1.29, 1.82) is 0 Å². The molecule has 0 heterocycles. The number of aryl methyl sites for hydroxylation is 6. The van der Waals surface area contributed by atoms with Gasteiger partial charge in [0.2, 0.25) is 0 Å². The highest BCUT2D eigenvalue weighted by Crippen LogP contribution is 2.47. The minimum atomic E-state index is 1.18. The van der Waals surface area contributed by atoms with E-state index in [1.807, 2.05) is 0 Å². The van der Waals surface area contributed by atoms with Crippen LogP contribution in [0.4, 0.5) is 34.1 Å². The summed E-state index contributed by atoms with van der Waals surface area (Å²) in [6, 6.07) is 37.2. The molecule has 0 saturated heterocycles. The van der Waals surface area contributed by atoms with Gasteiger partial charge in [-0.25, -0.2) is 0 Å². The van der Waals surface area contributed by atoms with E-state index in [-0.39, 0.29) is 0 Å². The molecule has 0 N–H and O–H groups in total. The monoisotopic (exact) mass is 510 g/mol. The fourth-order valence-electron chi connectivity index (χ4n) is 5.78. The van der Waals surface area contributed by atoms with Gasteiger partial charge in [0.1, 0.15) is 0 Å². The molecule has 0 aliphatic carbocycles. The second-order valence-corrected chi connectivity index (χ2v) is 10.6. The molecule has 0 atom stereocenters. The Labute approximate surface area is 234 Å². The number of nitrogens with zero attached hydrogens (tertiary/aromatic N) is 2. The number of para-hydroxylation sites is 4. The maximum atomic E-state index is 2.46. The molecule has 196 valence electrons. The standard InChI is InChI=1S/C37H38N2/c1-25-15-8-10-21-32(25)38(36-27(3)17-12-18-28(36)4)34-23-14-24-35(31(34)7)39(33-22-11-9-16-26(33)2)37-29(5)19-13-20-30(37)6/h8-24H,1-7H3. The van der Waals surface area contributed by atoms with Crippen LogP contribution in [0.1, 0.15) is 38.9 Å². The van der Waals surface area contributed by atoms with Gasteiger partial charge in [-0.1, -0.05) is 78.9 Å². The lowest BCUT2D eigenvalue weighted by Crippen LogP contribution is -2.19. The van der Waals surface area contributed by atoms with Gasteiger partial charge in [-0.2, -0.15) is 0 Å². The van der Waals surface area contributed by atoms with Gasteiger partial charge in [0.05, 0.1) is 22.7 Å². The van der Waals surface area contributed by atoms with Crippen molar-refractivity contribution in [2.45, 2.75) is 48.5 Å². The molecule has 0 amide bonds. The van der Waals surface area contributed by atoms with Crippen molar-refractivity contribution in [3.63, 3.8) is 0 Å². The predicted octanol–water partition coefficient (Wildman–Crippen LogP) is 10.8. The number of hydrogen-bond donors (Lipinski definition) is 0. The van der Waals surface area contributed by atoms with Crippen LogP contribution in [0, 0.1) is 48.5 Å². The van der Waals surface area contributed by atoms with E-state index in [4.69, 9.17) is 0 Å². The Hall–Kier alpha value is -4.30. The van der Waals surface area contributed by atoms with Gasteiger partial charge in [-0.05, 0) is 112 Å². The number of rotatable bonds is 6. The molecule has 0 saturated carbocycles. The maximum Gasteiger partial charge on any atom is 0.0520 e. The molecular formula is C37H38N2. The zero-order valence-corrected chi connectivity index (χ0v) is 24.2. The summed E-state index contributed by atoms with van der Waals surface area (Å²) in [7, 11) is 0. The molecule has 0 aliphatic heterocycles. The maximum absolute atomic E-state index is 2.46. The molecular weight excluding hydrogens is 472 g/mol. The first-order valence-corrected chi connectivity index (χ1v) is 13.7. The van der Waals surface area contributed by atoms with Crippen molar-refractivity contribution in [3.8, 4) is 0 Å². The first kappa shape index (κ1) is 26.3. The molecule has 0 radical (unpaired) electrons. The summed E-state index contributed by atoms with van der Waals surface area (Å²) in [6.45, 7) is 15.5. The average molecular weight is 511 g/mol. The predicted molar refractivity (Wildman–Crippen MR) is 169 cm³/mol. The largest absolute Gasteiger partial charge is 0.309 e. The van der Waals surface area contributed by atoms with Gasteiger partial charge in [0, 0.05) is 11.4 Å². The summed E-state index contributed by atoms with van der Waals surface area (Å²) >= 11 is 0. The molecule has 2 nitrogen and oxygen atoms in total. The number of anilines is 6. The average Bonchev–Trinajstić information content (AvgIpc) is 2.91. The summed E-state index contributed by atoms with van der Waals surface area (Å²) in [5, 5.41) is 0. The van der Waals surface area contributed by atoms with Crippen LogP contribution in [0.25, 0.3) is 0 Å². The lowest BCUT2D eigenvalue weighted by molar-refractivity contribution is 1.15. The third-order valence-electron chi connectivity index (χ3n) is 7.80. The summed E-state index contributed by atoms with van der Waals surface area (Å²) in [5.41, 5.74) is 16.0. The molecule has 0 aromatic heterocycles. The lowest BCUT2D eigenvalue weighted by atomic mass is 10.00. The van der Waals surface area contributed by atoms with Gasteiger partial charge < -0.3 is 9.80 Å². The highest BCUT2D eigenvalue weighted by atomic mass is 15.2. The summed E-state index contributed by atoms with van der Waals surface area (Å²) in [5.74, 6) is 0. The first-order chi connectivity index (χ1) is 18.8. The zero-order valence-electron chi connectivity index (χ0n) is 24.2. The van der Waals surface area contributed by atoms with Crippen LogP contribution in [0.15, 0.2) is 103 Å². The molecule has 0 fully saturated rings. The molecule has 0 bridgehead atoms. The Bertz CT molecular complexity index is 1490. The fourth-order valence-corrected chi connectivity index (χ4v) is 5.78. The molecule has 0 spiro atoms. The van der Waals surface area contributed by atoms with Crippen LogP contribution in [-0.4, -0.2) is 0 Å². The second-order valence-electron chi connectivity index (χ2n) is 10.6. The van der Waals surface area contributed by atoms with Crippen LogP contribution in [0.5, 0.6) is 0 Å². The third kappa shape index (κ3) is 4.83. The van der Waals surface area contributed by atoms with Crippen molar-refractivity contribution in [3.05, 3.63) is 142 Å². The number of benzene rings is 5. The van der Waals surface area contributed by atoms with E-state index < -0.39 is 0 Å². The van der Waals surface area contributed by atoms with Crippen LogP contribution in [0.3, 0.4) is 0 Å². The Morgan fingerprint density at radius 2 is 0.590 bits per heavy atom. The second kappa shape index (κ2) is 10.8. The van der Waals surface area contributed by atoms with Gasteiger partial charge in [-0.15, -0.1) is 0 Å². The lowest BCUT2D eigenvalue weighted by Gasteiger charge is -2.35. The topological polar surface area (TPSA) is 6.48 Å². The van der Waals surface area contributed by atoms with E-state index in [0.29, 0.717) is 0 Å². The van der Waals surface area contributed by atoms with Crippen molar-refractivity contribution in [2.75, 3.05) is 9.80 Å². The van der Waals surface area contributed by atoms with Gasteiger partial charge in [-0.3, -0.25) is 0 Å². The van der Waals surface area contributed by atoms with Crippen molar-refractivity contribution in [2.24, 2.45) is 0 Å². The Kier molecular flexibility index (Phi) is 7.30. The number of hydrogen-bond acceptors (Lipinski definition) is 2. The molecule has 2 heteroatoms. The van der Waals surface area contributed by atoms with Crippen molar-refractivity contribution < 1.29 is 0 Å².